The summed E-state index contributed by atoms with van der Waals surface area (Å²) in [7, 11) is 1.56. The second-order valence-electron chi connectivity index (χ2n) is 7.07. The van der Waals surface area contributed by atoms with Crippen LogP contribution < -0.4 is 0 Å². The fraction of sp³-hybridized carbons (Fsp3) is 0.368. The Labute approximate surface area is 200 Å². The van der Waals surface area contributed by atoms with E-state index in [0.29, 0.717) is 15.9 Å². The Hall–Kier alpha value is -1.64. The van der Waals surface area contributed by atoms with Crippen molar-refractivity contribution >= 4 is 56.3 Å². The van der Waals surface area contributed by atoms with E-state index in [0.717, 1.165) is 15.1 Å². The molecule has 5 unspecified atom stereocenters. The third-order valence-electron chi connectivity index (χ3n) is 5.16. The highest BCUT2D eigenvalue weighted by Gasteiger charge is 2.47. The number of rotatable bonds is 6. The predicted molar refractivity (Wildman–Crippen MR) is 123 cm³/mol. The van der Waals surface area contributed by atoms with Crippen molar-refractivity contribution in [1.29, 1.82) is 0 Å². The predicted octanol–water partition coefficient (Wildman–Crippen LogP) is 3.09. The Morgan fingerprint density at radius 3 is 2.97 bits per heavy atom. The lowest BCUT2D eigenvalue weighted by molar-refractivity contribution is -0.186. The third kappa shape index (κ3) is 4.17. The van der Waals surface area contributed by atoms with E-state index in [1.165, 1.54) is 23.1 Å². The van der Waals surface area contributed by atoms with E-state index in [4.69, 9.17) is 21.1 Å². The van der Waals surface area contributed by atoms with Gasteiger partial charge in [-0.05, 0) is 18.2 Å². The van der Waals surface area contributed by atoms with E-state index in [9.17, 15) is 10.2 Å². The van der Waals surface area contributed by atoms with Gasteiger partial charge >= 0.3 is 0 Å². The first-order valence-electron chi connectivity index (χ1n) is 9.57. The van der Waals surface area contributed by atoms with Gasteiger partial charge in [0.25, 0.3) is 0 Å². The molecule has 3 aromatic heterocycles. The molecular weight excluding hydrogens is 494 g/mol. The number of benzene rings is 1. The van der Waals surface area contributed by atoms with E-state index in [1.54, 1.807) is 40.2 Å². The van der Waals surface area contributed by atoms with Crippen LogP contribution in [-0.2, 0) is 9.47 Å². The van der Waals surface area contributed by atoms with Crippen LogP contribution in [0.25, 0.3) is 20.9 Å². The number of fused-ring (bicyclic) bond motifs is 1. The van der Waals surface area contributed by atoms with Gasteiger partial charge in [-0.1, -0.05) is 28.6 Å². The quantitative estimate of drug-likeness (QED) is 0.403. The molecule has 0 bridgehead atoms. The summed E-state index contributed by atoms with van der Waals surface area (Å²) in [6, 6.07) is 5.34. The number of hydrogen-bond donors (Lipinski definition) is 2. The van der Waals surface area contributed by atoms with Crippen molar-refractivity contribution in [2.45, 2.75) is 34.7 Å². The molecule has 4 heterocycles. The van der Waals surface area contributed by atoms with Gasteiger partial charge in [0.1, 0.15) is 45.6 Å². The highest BCUT2D eigenvalue weighted by atomic mass is 35.5. The van der Waals surface area contributed by atoms with Gasteiger partial charge in [-0.15, -0.1) is 27.8 Å². The number of nitrogens with zero attached hydrogens (tertiary/aromatic N) is 5. The van der Waals surface area contributed by atoms with Crippen LogP contribution >= 0.6 is 46.0 Å². The summed E-state index contributed by atoms with van der Waals surface area (Å²) in [5.41, 5.74) is 2.78. The van der Waals surface area contributed by atoms with Gasteiger partial charge in [0.15, 0.2) is 0 Å². The van der Waals surface area contributed by atoms with Crippen molar-refractivity contribution in [3.63, 3.8) is 0 Å². The molecule has 0 aliphatic carbocycles. The molecule has 0 saturated carbocycles. The van der Waals surface area contributed by atoms with Crippen LogP contribution in [0.5, 0.6) is 0 Å². The fourth-order valence-electron chi connectivity index (χ4n) is 3.64. The minimum atomic E-state index is -1.06. The summed E-state index contributed by atoms with van der Waals surface area (Å²) in [4.78, 5) is 9.50. The van der Waals surface area contributed by atoms with E-state index >= 15 is 0 Å². The fourth-order valence-corrected chi connectivity index (χ4v) is 6.54. The Balaban J connectivity index is 1.45. The molecule has 13 heteroatoms. The molecule has 1 aliphatic rings. The highest BCUT2D eigenvalue weighted by molar-refractivity contribution is 7.99. The summed E-state index contributed by atoms with van der Waals surface area (Å²) in [5.74, 6) is 0. The molecule has 1 fully saturated rings. The van der Waals surface area contributed by atoms with Crippen LogP contribution in [0.4, 0.5) is 0 Å². The van der Waals surface area contributed by atoms with Crippen LogP contribution in [-0.4, -0.2) is 72.6 Å². The van der Waals surface area contributed by atoms with Crippen molar-refractivity contribution < 1.29 is 19.7 Å². The number of halogens is 1. The van der Waals surface area contributed by atoms with Crippen LogP contribution in [0.3, 0.4) is 0 Å². The van der Waals surface area contributed by atoms with Crippen LogP contribution in [0.2, 0.25) is 5.15 Å². The average molecular weight is 512 g/mol. The van der Waals surface area contributed by atoms with Crippen molar-refractivity contribution in [3.05, 3.63) is 40.4 Å². The summed E-state index contributed by atoms with van der Waals surface area (Å²) in [5, 5.41) is 31.9. The van der Waals surface area contributed by atoms with Crippen molar-refractivity contribution in [2.24, 2.45) is 0 Å². The number of methoxy groups -OCH3 is 1. The van der Waals surface area contributed by atoms with Gasteiger partial charge in [-0.3, -0.25) is 0 Å². The van der Waals surface area contributed by atoms with E-state index < -0.39 is 29.8 Å². The molecule has 4 aromatic rings. The maximum Gasteiger partial charge on any atom is 0.147 e. The summed E-state index contributed by atoms with van der Waals surface area (Å²) in [6.45, 7) is -0.345. The van der Waals surface area contributed by atoms with Gasteiger partial charge in [0, 0.05) is 17.4 Å². The van der Waals surface area contributed by atoms with E-state index in [2.05, 4.69) is 20.3 Å². The molecule has 0 radical (unpaired) electrons. The first-order chi connectivity index (χ1) is 15.6. The molecule has 5 atom stereocenters. The van der Waals surface area contributed by atoms with Gasteiger partial charge in [0.2, 0.25) is 0 Å². The molecule has 168 valence electrons. The lowest BCUT2D eigenvalue weighted by Gasteiger charge is -2.43. The zero-order valence-electron chi connectivity index (χ0n) is 16.6. The minimum absolute atomic E-state index is 0.345. The summed E-state index contributed by atoms with van der Waals surface area (Å²) < 4.78 is 14.4. The lowest BCUT2D eigenvalue weighted by Crippen LogP contribution is -2.55. The Morgan fingerprint density at radius 2 is 2.22 bits per heavy atom. The SMILES string of the molecule is COC1C(Sc2ccc3ncsc3c2)OC(CO)C(O)C1n1cc(-c2nc(Cl)cs2)nn1. The van der Waals surface area contributed by atoms with Crippen LogP contribution in [0, 0.1) is 0 Å². The molecule has 32 heavy (non-hydrogen) atoms. The number of hydrogen-bond acceptors (Lipinski definition) is 11. The van der Waals surface area contributed by atoms with Crippen molar-refractivity contribution in [1.82, 2.24) is 25.0 Å². The summed E-state index contributed by atoms with van der Waals surface area (Å²) >= 11 is 10.3. The maximum atomic E-state index is 11.0. The normalized spacial score (nSPS) is 26.1. The van der Waals surface area contributed by atoms with Crippen molar-refractivity contribution in [2.75, 3.05) is 13.7 Å². The lowest BCUT2D eigenvalue weighted by atomic mass is 9.97. The minimum Gasteiger partial charge on any atom is -0.394 e. The van der Waals surface area contributed by atoms with Gasteiger partial charge in [-0.2, -0.15) is 0 Å². The monoisotopic (exact) mass is 511 g/mol. The number of aliphatic hydroxyl groups excluding tert-OH is 2. The second kappa shape index (κ2) is 9.31. The molecule has 1 aliphatic heterocycles. The molecule has 5 rings (SSSR count). The summed E-state index contributed by atoms with van der Waals surface area (Å²) in [6.07, 6.45) is -0.734. The number of aliphatic hydroxyl groups is 2. The average Bonchev–Trinajstić information content (AvgIpc) is 3.54. The number of thioether (sulfide) groups is 1. The number of ether oxygens (including phenoxy) is 2. The van der Waals surface area contributed by atoms with E-state index in [-0.39, 0.29) is 6.61 Å². The first-order valence-corrected chi connectivity index (χ1v) is 12.6. The maximum absolute atomic E-state index is 11.0. The highest BCUT2D eigenvalue weighted by Crippen LogP contribution is 2.40. The Bertz CT molecular complexity index is 1220. The van der Waals surface area contributed by atoms with Gasteiger partial charge in [0.05, 0.1) is 28.5 Å². The smallest absolute Gasteiger partial charge is 0.147 e. The zero-order chi connectivity index (χ0) is 22.2. The molecule has 2 N–H and O–H groups in total. The van der Waals surface area contributed by atoms with E-state index in [1.807, 2.05) is 18.2 Å². The molecule has 9 nitrogen and oxygen atoms in total. The zero-order valence-corrected chi connectivity index (χ0v) is 19.8. The second-order valence-corrected chi connectivity index (χ2v) is 10.4. The van der Waals surface area contributed by atoms with Gasteiger partial charge < -0.3 is 19.7 Å². The van der Waals surface area contributed by atoms with Gasteiger partial charge in [-0.25, -0.2) is 14.6 Å². The topological polar surface area (TPSA) is 115 Å². The standard InChI is InChI=1S/C19H18ClN5O4S3/c1-28-17-15(25-5-11(23-24-25)18-22-14(20)7-30-18)16(27)12(6-26)29-19(17)32-9-2-3-10-13(4-9)31-8-21-10/h2-5,7-8,12,15-17,19,26-27H,6H2,1H3. The molecular formula is C19H18ClN5O4S3. The largest absolute Gasteiger partial charge is 0.394 e. The Kier molecular flexibility index (Phi) is 6.45. The van der Waals surface area contributed by atoms with Crippen LogP contribution in [0.15, 0.2) is 40.2 Å². The number of aromatic nitrogens is 5. The molecule has 1 saturated heterocycles. The third-order valence-corrected chi connectivity index (χ3v) is 8.28. The number of thiazole rings is 2. The van der Waals surface area contributed by atoms with Crippen molar-refractivity contribution in [3.8, 4) is 10.7 Å². The first kappa shape index (κ1) is 22.2. The van der Waals surface area contributed by atoms with Crippen LogP contribution in [0.1, 0.15) is 6.04 Å². The molecule has 1 aromatic carbocycles. The Morgan fingerprint density at radius 1 is 1.34 bits per heavy atom. The molecule has 0 spiro atoms. The molecule has 0 amide bonds.